The highest BCUT2D eigenvalue weighted by Gasteiger charge is 2.24. The van der Waals surface area contributed by atoms with E-state index in [9.17, 15) is 29.1 Å². The van der Waals surface area contributed by atoms with Crippen molar-refractivity contribution >= 4 is 46.1 Å². The van der Waals surface area contributed by atoms with E-state index in [1.54, 1.807) is 42.8 Å². The van der Waals surface area contributed by atoms with Gasteiger partial charge in [0.1, 0.15) is 40.3 Å². The van der Waals surface area contributed by atoms with Crippen molar-refractivity contribution in [2.75, 3.05) is 44.9 Å². The summed E-state index contributed by atoms with van der Waals surface area (Å²) in [5.74, 6) is -2.20. The van der Waals surface area contributed by atoms with Crippen LogP contribution in [0.2, 0.25) is 5.02 Å². The number of carbonyl (C=O) groups is 3. The van der Waals surface area contributed by atoms with Gasteiger partial charge in [0.2, 0.25) is 5.88 Å². The molecule has 0 saturated carbocycles. The Morgan fingerprint density at radius 2 is 1.68 bits per heavy atom. The molecule has 21 nitrogen and oxygen atoms in total. The number of carboxylic acid groups (broad SMARTS) is 1. The number of unbranched alkanes of at least 4 members (excludes halogenated alkanes) is 2. The Kier molecular flexibility index (Phi) is 21.0. The molecule has 0 bridgehead atoms. The zero-order valence-electron chi connectivity index (χ0n) is 44.8. The number of nitriles is 1. The lowest BCUT2D eigenvalue weighted by Gasteiger charge is -2.21. The number of halogens is 3. The second kappa shape index (κ2) is 28.4. The van der Waals surface area contributed by atoms with E-state index >= 15 is 4.39 Å². The van der Waals surface area contributed by atoms with Crippen molar-refractivity contribution in [1.29, 1.82) is 5.26 Å². The molecule has 0 spiro atoms. The highest BCUT2D eigenvalue weighted by Crippen LogP contribution is 2.37. The predicted octanol–water partition coefficient (Wildman–Crippen LogP) is 9.14. The number of fused-ring (bicyclic) bond motifs is 1. The quantitative estimate of drug-likeness (QED) is 0.0318. The number of hydrogen-bond acceptors (Lipinski definition) is 17. The van der Waals surface area contributed by atoms with Gasteiger partial charge in [0.25, 0.3) is 11.8 Å². The van der Waals surface area contributed by atoms with E-state index in [1.807, 2.05) is 33.0 Å². The SMILES string of the molecule is Cc1nc2cc(F)c(-c3cnc(OCCCCCn4cc(COCCOCCNC(=O)COc5cccc(Oc6ccc(C(=O)N[C@@H](CCC(C)(C)C)C(=O)O)cn6)c5)nn4)nc3)nc2c(N[C@H](C)c2cc(C#N)ccc2F)c1Cl. The number of hydrogen-bond donors (Lipinski definition) is 4. The number of aryl methyl sites for hydroxylation is 2. The summed E-state index contributed by atoms with van der Waals surface area (Å²) in [6.45, 7) is 11.5. The van der Waals surface area contributed by atoms with Crippen molar-refractivity contribution in [3.8, 4) is 40.7 Å². The zero-order chi connectivity index (χ0) is 57.2. The first-order valence-electron chi connectivity index (χ1n) is 25.7. The van der Waals surface area contributed by atoms with Crippen LogP contribution in [0.25, 0.3) is 22.3 Å². The molecule has 2 aromatic carbocycles. The van der Waals surface area contributed by atoms with E-state index in [1.165, 1.54) is 55.0 Å². The summed E-state index contributed by atoms with van der Waals surface area (Å²) in [5, 5.41) is 36.0. The van der Waals surface area contributed by atoms with E-state index in [-0.39, 0.29) is 88.0 Å². The summed E-state index contributed by atoms with van der Waals surface area (Å²) >= 11 is 6.68. The van der Waals surface area contributed by atoms with E-state index < -0.39 is 35.6 Å². The maximum absolute atomic E-state index is 15.5. The third-order valence-electron chi connectivity index (χ3n) is 12.1. The maximum atomic E-state index is 15.5. The molecule has 4 N–H and O–H groups in total. The van der Waals surface area contributed by atoms with Crippen LogP contribution in [0, 0.1) is 35.3 Å². The number of carboxylic acids is 1. The van der Waals surface area contributed by atoms with Gasteiger partial charge in [0.05, 0.1) is 84.4 Å². The smallest absolute Gasteiger partial charge is 0.326 e. The Bertz CT molecular complexity index is 3290. The number of nitrogens with one attached hydrogen (secondary N) is 3. The summed E-state index contributed by atoms with van der Waals surface area (Å²) < 4.78 is 60.5. The fraction of sp³-hybridized carbons (Fsp3) is 0.375. The van der Waals surface area contributed by atoms with Gasteiger partial charge in [-0.25, -0.2) is 38.5 Å². The monoisotopic (exact) mass is 1120 g/mol. The standard InChI is InChI=1S/C56H61ClF2N12O9/c1-34(42-24-36(27-60)12-14-43(42)58)66-52-49(57)35(2)65-46-26-44(59)50(68-51(46)52)38-29-63-55(64-30-38)78-20-8-6-7-19-71-31-39(69-70-71)32-77-23-22-76-21-18-61-47(72)33-79-40-10-9-11-41(25-40)80-48-15-13-37(28-62-48)53(73)67-45(54(74)75)16-17-56(3,4)5/h9-15,24-26,28-31,34,45H,6-8,16-23,32-33H2,1-5H3,(H,61,72)(H,65,66)(H,67,73)(H,74,75)/t34-,45+/m1/s1. The van der Waals surface area contributed by atoms with Gasteiger partial charge in [-0.1, -0.05) is 43.7 Å². The average molecular weight is 1120 g/mol. The zero-order valence-corrected chi connectivity index (χ0v) is 45.6. The lowest BCUT2D eigenvalue weighted by Crippen LogP contribution is -2.41. The van der Waals surface area contributed by atoms with Crippen LogP contribution in [-0.4, -0.2) is 108 Å². The van der Waals surface area contributed by atoms with E-state index in [0.29, 0.717) is 79.8 Å². The van der Waals surface area contributed by atoms with E-state index in [2.05, 4.69) is 51.2 Å². The van der Waals surface area contributed by atoms with Gasteiger partial charge in [0.15, 0.2) is 12.4 Å². The molecule has 7 rings (SSSR count). The number of ether oxygens (including phenoxy) is 5. The third kappa shape index (κ3) is 17.5. The van der Waals surface area contributed by atoms with Gasteiger partial charge in [-0.2, -0.15) is 5.26 Å². The van der Waals surface area contributed by atoms with Crippen molar-refractivity contribution in [2.45, 2.75) is 92.0 Å². The molecule has 420 valence electrons. The topological polar surface area (TPSA) is 273 Å². The van der Waals surface area contributed by atoms with Crippen LogP contribution < -0.4 is 30.2 Å². The van der Waals surface area contributed by atoms with Gasteiger partial charge in [0, 0.05) is 61.0 Å². The molecule has 0 aliphatic heterocycles. The van der Waals surface area contributed by atoms with E-state index in [4.69, 9.17) is 35.3 Å². The number of benzene rings is 2. The fourth-order valence-corrected chi connectivity index (χ4v) is 8.02. The molecule has 80 heavy (non-hydrogen) atoms. The first-order chi connectivity index (χ1) is 38.4. The number of pyridine rings is 3. The normalized spacial score (nSPS) is 12.1. The van der Waals surface area contributed by atoms with Crippen molar-refractivity contribution in [3.63, 3.8) is 0 Å². The van der Waals surface area contributed by atoms with Crippen LogP contribution in [0.3, 0.4) is 0 Å². The molecule has 0 aliphatic carbocycles. The number of aliphatic carboxylic acids is 1. The van der Waals surface area contributed by atoms with Crippen molar-refractivity contribution in [3.05, 3.63) is 130 Å². The van der Waals surface area contributed by atoms with Gasteiger partial charge in [-0.05, 0) is 87.8 Å². The number of rotatable bonds is 29. The second-order valence-electron chi connectivity index (χ2n) is 19.7. The molecule has 0 unspecified atom stereocenters. The van der Waals surface area contributed by atoms with Gasteiger partial charge in [-0.3, -0.25) is 14.3 Å². The van der Waals surface area contributed by atoms with Crippen molar-refractivity contribution < 1.29 is 52.0 Å². The van der Waals surface area contributed by atoms with Gasteiger partial charge in [-0.15, -0.1) is 5.10 Å². The summed E-state index contributed by atoms with van der Waals surface area (Å²) in [5.41, 5.74) is 2.80. The summed E-state index contributed by atoms with van der Waals surface area (Å²) in [7, 11) is 0. The maximum Gasteiger partial charge on any atom is 0.326 e. The number of nitrogens with zero attached hydrogens (tertiary/aromatic N) is 9. The molecule has 2 atom stereocenters. The second-order valence-corrected chi connectivity index (χ2v) is 20.0. The van der Waals surface area contributed by atoms with Crippen molar-refractivity contribution in [2.24, 2.45) is 5.41 Å². The Balaban J connectivity index is 0.732. The Labute approximate surface area is 465 Å². The lowest BCUT2D eigenvalue weighted by molar-refractivity contribution is -0.139. The Morgan fingerprint density at radius 1 is 0.887 bits per heavy atom. The molecule has 0 saturated heterocycles. The average Bonchev–Trinajstić information content (AvgIpc) is 3.91. The molecule has 0 radical (unpaired) electrons. The first kappa shape index (κ1) is 59.2. The molecule has 5 heterocycles. The Morgan fingerprint density at radius 3 is 2.42 bits per heavy atom. The summed E-state index contributed by atoms with van der Waals surface area (Å²) in [6.07, 6.45) is 9.21. The number of amides is 2. The first-order valence-corrected chi connectivity index (χ1v) is 26.1. The Hall–Kier alpha value is -8.46. The van der Waals surface area contributed by atoms with Gasteiger partial charge < -0.3 is 44.7 Å². The predicted molar refractivity (Wildman–Crippen MR) is 290 cm³/mol. The fourth-order valence-electron chi connectivity index (χ4n) is 7.84. The molecule has 24 heteroatoms. The van der Waals surface area contributed by atoms with E-state index in [0.717, 1.165) is 12.8 Å². The van der Waals surface area contributed by atoms with Crippen LogP contribution in [0.15, 0.2) is 85.5 Å². The highest BCUT2D eigenvalue weighted by molar-refractivity contribution is 6.35. The minimum Gasteiger partial charge on any atom is -0.484 e. The molecule has 7 aromatic rings. The third-order valence-corrected chi connectivity index (χ3v) is 12.6. The van der Waals surface area contributed by atoms with Crippen LogP contribution in [0.4, 0.5) is 14.5 Å². The summed E-state index contributed by atoms with van der Waals surface area (Å²) in [6, 6.07) is 15.4. The van der Waals surface area contributed by atoms with Crippen LogP contribution in [0.5, 0.6) is 23.4 Å². The lowest BCUT2D eigenvalue weighted by atomic mass is 9.88. The van der Waals surface area contributed by atoms with Crippen LogP contribution in [-0.2, 0) is 32.2 Å². The van der Waals surface area contributed by atoms with Crippen LogP contribution in [0.1, 0.15) is 98.7 Å². The van der Waals surface area contributed by atoms with Crippen molar-refractivity contribution in [1.82, 2.24) is 50.5 Å². The molecule has 0 fully saturated rings. The molecular weight excluding hydrogens is 1060 g/mol. The number of aromatic nitrogens is 8. The number of carbonyl (C=O) groups excluding carboxylic acids is 2. The van der Waals surface area contributed by atoms with Gasteiger partial charge >= 0.3 is 12.0 Å². The summed E-state index contributed by atoms with van der Waals surface area (Å²) in [4.78, 5) is 58.5. The minimum atomic E-state index is -1.10. The highest BCUT2D eigenvalue weighted by atomic mass is 35.5. The molecule has 5 aromatic heterocycles. The van der Waals surface area contributed by atoms with Crippen LogP contribution >= 0.6 is 11.6 Å². The minimum absolute atomic E-state index is 0.0420. The number of anilines is 1. The molecule has 2 amide bonds. The molecule has 0 aliphatic rings. The molecular formula is C56H61ClF2N12O9. The largest absolute Gasteiger partial charge is 0.484 e.